The van der Waals surface area contributed by atoms with Crippen molar-refractivity contribution in [2.45, 2.75) is 24.8 Å². The summed E-state index contributed by atoms with van der Waals surface area (Å²) >= 11 is 0. The fraction of sp³-hybridized carbons (Fsp3) is 0.571. The Hall–Kier alpha value is -0.550. The fourth-order valence-corrected chi connectivity index (χ4v) is 2.03. The molecule has 1 aromatic heterocycles. The summed E-state index contributed by atoms with van der Waals surface area (Å²) < 4.78 is 23.3. The minimum absolute atomic E-state index is 0.0397. The molecule has 74 valence electrons. The van der Waals surface area contributed by atoms with Gasteiger partial charge in [0.1, 0.15) is 0 Å². The van der Waals surface area contributed by atoms with Crippen LogP contribution in [0.15, 0.2) is 11.1 Å². The molecule has 0 spiro atoms. The molecule has 0 radical (unpaired) electrons. The predicted molar refractivity (Wildman–Crippen MR) is 50.3 cm³/mol. The molecule has 0 aliphatic carbocycles. The Kier molecular flexibility index (Phi) is 2.68. The zero-order chi connectivity index (χ0) is 10.2. The first-order valence-electron chi connectivity index (χ1n) is 3.81. The van der Waals surface area contributed by atoms with Crippen LogP contribution in [0.25, 0.3) is 0 Å². The lowest BCUT2D eigenvalue weighted by Gasteiger charge is -1.95. The molecule has 4 nitrogen and oxygen atoms in total. The number of nitrogens with zero attached hydrogens (tertiary/aromatic N) is 2. The van der Waals surface area contributed by atoms with Crippen molar-refractivity contribution in [3.05, 3.63) is 11.8 Å². The van der Waals surface area contributed by atoms with Crippen LogP contribution >= 0.6 is 10.7 Å². The average molecular weight is 223 g/mol. The summed E-state index contributed by atoms with van der Waals surface area (Å²) in [5.41, 5.74) is 0.724. The summed E-state index contributed by atoms with van der Waals surface area (Å²) in [4.78, 5) is 0. The highest BCUT2D eigenvalue weighted by Crippen LogP contribution is 2.19. The number of aromatic nitrogens is 2. The lowest BCUT2D eigenvalue weighted by molar-refractivity contribution is 0.588. The highest BCUT2D eigenvalue weighted by molar-refractivity contribution is 8.13. The summed E-state index contributed by atoms with van der Waals surface area (Å²) in [6.45, 7) is 3.87. The highest BCUT2D eigenvalue weighted by Gasteiger charge is 2.18. The van der Waals surface area contributed by atoms with E-state index in [0.717, 1.165) is 5.69 Å². The smallest absolute Gasteiger partial charge is 0.256 e. The van der Waals surface area contributed by atoms with Crippen molar-refractivity contribution >= 4 is 19.7 Å². The monoisotopic (exact) mass is 222 g/mol. The van der Waals surface area contributed by atoms with E-state index < -0.39 is 9.05 Å². The summed E-state index contributed by atoms with van der Waals surface area (Å²) in [5.74, 6) is 0.193. The molecule has 0 unspecified atom stereocenters. The zero-order valence-corrected chi connectivity index (χ0v) is 9.22. The van der Waals surface area contributed by atoms with Crippen molar-refractivity contribution in [1.82, 2.24) is 9.78 Å². The van der Waals surface area contributed by atoms with E-state index in [1.54, 1.807) is 7.05 Å². The second-order valence-electron chi connectivity index (χ2n) is 3.12. The van der Waals surface area contributed by atoms with Crippen LogP contribution in [0.2, 0.25) is 0 Å². The van der Waals surface area contributed by atoms with Crippen molar-refractivity contribution in [2.24, 2.45) is 7.05 Å². The SMILES string of the molecule is CC(C)c1cc(S(=O)(=O)Cl)n(C)n1. The van der Waals surface area contributed by atoms with Crippen molar-refractivity contribution in [3.63, 3.8) is 0 Å². The Morgan fingerprint density at radius 1 is 1.54 bits per heavy atom. The molecule has 13 heavy (non-hydrogen) atoms. The van der Waals surface area contributed by atoms with E-state index in [-0.39, 0.29) is 10.9 Å². The average Bonchev–Trinajstić information content (AvgIpc) is 2.29. The van der Waals surface area contributed by atoms with Crippen LogP contribution in [0.1, 0.15) is 25.5 Å². The molecule has 0 saturated carbocycles. The molecule has 0 saturated heterocycles. The van der Waals surface area contributed by atoms with E-state index in [4.69, 9.17) is 10.7 Å². The number of hydrogen-bond acceptors (Lipinski definition) is 3. The van der Waals surface area contributed by atoms with Crippen LogP contribution in [0.5, 0.6) is 0 Å². The first-order chi connectivity index (χ1) is 5.82. The van der Waals surface area contributed by atoms with Crippen LogP contribution in [0.4, 0.5) is 0 Å². The van der Waals surface area contributed by atoms with E-state index in [1.807, 2.05) is 13.8 Å². The fourth-order valence-electron chi connectivity index (χ4n) is 0.982. The summed E-state index contributed by atoms with van der Waals surface area (Å²) in [7, 11) is 3.08. The molecule has 0 fully saturated rings. The van der Waals surface area contributed by atoms with Crippen molar-refractivity contribution in [2.75, 3.05) is 0 Å². The molecule has 0 bridgehead atoms. The van der Waals surface area contributed by atoms with Gasteiger partial charge >= 0.3 is 0 Å². The Balaban J connectivity index is 3.27. The second kappa shape index (κ2) is 3.31. The summed E-state index contributed by atoms with van der Waals surface area (Å²) in [5, 5.41) is 4.07. The summed E-state index contributed by atoms with van der Waals surface area (Å²) in [6, 6.07) is 1.49. The van der Waals surface area contributed by atoms with Crippen LogP contribution < -0.4 is 0 Å². The van der Waals surface area contributed by atoms with Gasteiger partial charge in [-0.15, -0.1) is 0 Å². The van der Waals surface area contributed by atoms with Gasteiger partial charge in [-0.05, 0) is 12.0 Å². The maximum atomic E-state index is 11.0. The van der Waals surface area contributed by atoms with Crippen LogP contribution in [-0.2, 0) is 16.1 Å². The molecule has 6 heteroatoms. The molecule has 0 atom stereocenters. The van der Waals surface area contributed by atoms with Gasteiger partial charge in [-0.1, -0.05) is 13.8 Å². The van der Waals surface area contributed by atoms with E-state index in [2.05, 4.69) is 5.10 Å². The molecule has 1 aromatic rings. The molecule has 0 aliphatic rings. The number of aryl methyl sites for hydroxylation is 1. The largest absolute Gasteiger partial charge is 0.278 e. The van der Waals surface area contributed by atoms with Gasteiger partial charge in [-0.2, -0.15) is 5.10 Å². The Morgan fingerprint density at radius 2 is 2.08 bits per heavy atom. The van der Waals surface area contributed by atoms with Gasteiger partial charge < -0.3 is 0 Å². The first-order valence-corrected chi connectivity index (χ1v) is 6.12. The minimum Gasteiger partial charge on any atom is -0.256 e. The molecule has 0 aliphatic heterocycles. The quantitative estimate of drug-likeness (QED) is 0.713. The number of hydrogen-bond donors (Lipinski definition) is 0. The first kappa shape index (κ1) is 10.5. The molecule has 0 aromatic carbocycles. The van der Waals surface area contributed by atoms with Gasteiger partial charge in [0.15, 0.2) is 5.03 Å². The maximum absolute atomic E-state index is 11.0. The Labute approximate surface area is 81.9 Å². The lowest BCUT2D eigenvalue weighted by atomic mass is 10.1. The minimum atomic E-state index is -3.67. The van der Waals surface area contributed by atoms with Crippen molar-refractivity contribution in [3.8, 4) is 0 Å². The van der Waals surface area contributed by atoms with Crippen LogP contribution in [0, 0.1) is 0 Å². The molecule has 1 heterocycles. The normalized spacial score (nSPS) is 12.4. The van der Waals surface area contributed by atoms with Crippen molar-refractivity contribution in [1.29, 1.82) is 0 Å². The van der Waals surface area contributed by atoms with E-state index >= 15 is 0 Å². The third-order valence-corrected chi connectivity index (χ3v) is 3.05. The highest BCUT2D eigenvalue weighted by atomic mass is 35.7. The predicted octanol–water partition coefficient (Wildman–Crippen LogP) is 1.47. The standard InChI is InChI=1S/C7H11ClN2O2S/c1-5(2)6-4-7(10(3)9-6)13(8,11)12/h4-5H,1-3H3. The summed E-state index contributed by atoms with van der Waals surface area (Å²) in [6.07, 6.45) is 0. The third kappa shape index (κ3) is 2.22. The van der Waals surface area contributed by atoms with Gasteiger partial charge in [-0.3, -0.25) is 4.68 Å². The van der Waals surface area contributed by atoms with E-state index in [0.29, 0.717) is 0 Å². The lowest BCUT2D eigenvalue weighted by Crippen LogP contribution is -2.01. The third-order valence-electron chi connectivity index (χ3n) is 1.70. The molecular weight excluding hydrogens is 212 g/mol. The van der Waals surface area contributed by atoms with E-state index in [1.165, 1.54) is 10.7 Å². The maximum Gasteiger partial charge on any atom is 0.278 e. The van der Waals surface area contributed by atoms with Gasteiger partial charge in [0.05, 0.1) is 5.69 Å². The van der Waals surface area contributed by atoms with Gasteiger partial charge in [0.2, 0.25) is 0 Å². The van der Waals surface area contributed by atoms with Gasteiger partial charge in [-0.25, -0.2) is 8.42 Å². The zero-order valence-electron chi connectivity index (χ0n) is 7.65. The van der Waals surface area contributed by atoms with Gasteiger partial charge in [0, 0.05) is 17.7 Å². The van der Waals surface area contributed by atoms with Crippen molar-refractivity contribution < 1.29 is 8.42 Å². The number of rotatable bonds is 2. The van der Waals surface area contributed by atoms with Crippen LogP contribution in [-0.4, -0.2) is 18.2 Å². The molecule has 0 N–H and O–H groups in total. The second-order valence-corrected chi connectivity index (χ2v) is 5.64. The molecule has 0 amide bonds. The Morgan fingerprint density at radius 3 is 2.31 bits per heavy atom. The molecule has 1 rings (SSSR count). The number of halogens is 1. The van der Waals surface area contributed by atoms with E-state index in [9.17, 15) is 8.42 Å². The topological polar surface area (TPSA) is 52.0 Å². The Bertz CT molecular complexity index is 408. The molecular formula is C7H11ClN2O2S. The van der Waals surface area contributed by atoms with Gasteiger partial charge in [0.25, 0.3) is 9.05 Å². The van der Waals surface area contributed by atoms with Crippen LogP contribution in [0.3, 0.4) is 0 Å².